The first-order valence-electron chi connectivity index (χ1n) is 8.39. The molecule has 4 nitrogen and oxygen atoms in total. The predicted molar refractivity (Wildman–Crippen MR) is 93.8 cm³/mol. The molecule has 1 atom stereocenters. The molecular formula is C20H24NO3+. The molecule has 0 saturated carbocycles. The van der Waals surface area contributed by atoms with Gasteiger partial charge in [-0.1, -0.05) is 12.1 Å². The highest BCUT2D eigenvalue weighted by molar-refractivity contribution is 5.86. The van der Waals surface area contributed by atoms with Crippen molar-refractivity contribution in [3.8, 4) is 28.4 Å². The van der Waals surface area contributed by atoms with Crippen LogP contribution >= 0.6 is 0 Å². The van der Waals surface area contributed by atoms with E-state index in [1.807, 2.05) is 18.2 Å². The second kappa shape index (κ2) is 5.15. The summed E-state index contributed by atoms with van der Waals surface area (Å²) in [4.78, 5) is 0. The van der Waals surface area contributed by atoms with Gasteiger partial charge < -0.3 is 19.1 Å². The van der Waals surface area contributed by atoms with Crippen LogP contribution in [0.3, 0.4) is 0 Å². The van der Waals surface area contributed by atoms with Crippen LogP contribution in [0.4, 0.5) is 0 Å². The summed E-state index contributed by atoms with van der Waals surface area (Å²) < 4.78 is 12.0. The van der Waals surface area contributed by atoms with Gasteiger partial charge in [0.2, 0.25) is 0 Å². The van der Waals surface area contributed by atoms with E-state index in [2.05, 4.69) is 20.2 Å². The van der Waals surface area contributed by atoms with E-state index in [0.717, 1.165) is 40.7 Å². The minimum atomic E-state index is 0.230. The lowest BCUT2D eigenvalue weighted by Crippen LogP contribution is -2.49. The Labute approximate surface area is 142 Å². The topological polar surface area (TPSA) is 38.7 Å². The quantitative estimate of drug-likeness (QED) is 0.861. The second-order valence-corrected chi connectivity index (χ2v) is 7.34. The molecule has 0 amide bonds. The molecule has 4 rings (SSSR count). The number of benzene rings is 2. The standard InChI is InChI=1S/C20H23NO3/c1-21(2)9-8-13-11-16(24-4)20(22)19-17(13)14(21)10-12-6-5-7-15(23-3)18(12)19/h5-7,11,14H,8-10H2,1-4H3/p+1/t14-/m1/s1. The highest BCUT2D eigenvalue weighted by atomic mass is 16.5. The van der Waals surface area contributed by atoms with Crippen LogP contribution in [0, 0.1) is 0 Å². The summed E-state index contributed by atoms with van der Waals surface area (Å²) >= 11 is 0. The van der Waals surface area contributed by atoms with Gasteiger partial charge in [0.15, 0.2) is 11.5 Å². The van der Waals surface area contributed by atoms with Gasteiger partial charge >= 0.3 is 0 Å². The normalized spacial score (nSPS) is 20.1. The molecule has 4 heteroatoms. The summed E-state index contributed by atoms with van der Waals surface area (Å²) in [5, 5.41) is 10.9. The molecule has 1 aliphatic heterocycles. The van der Waals surface area contributed by atoms with Gasteiger partial charge in [-0.3, -0.25) is 0 Å². The van der Waals surface area contributed by atoms with Gasteiger partial charge in [0, 0.05) is 29.5 Å². The van der Waals surface area contributed by atoms with Crippen molar-refractivity contribution in [2.45, 2.75) is 18.9 Å². The number of phenolic OH excluding ortho intramolecular Hbond substituents is 1. The van der Waals surface area contributed by atoms with E-state index in [1.165, 1.54) is 16.7 Å². The van der Waals surface area contributed by atoms with E-state index in [-0.39, 0.29) is 5.75 Å². The van der Waals surface area contributed by atoms with Crippen molar-refractivity contribution >= 4 is 0 Å². The number of fused-ring (bicyclic) bond motifs is 2. The number of aromatic hydroxyl groups is 1. The van der Waals surface area contributed by atoms with Crippen molar-refractivity contribution in [1.29, 1.82) is 0 Å². The van der Waals surface area contributed by atoms with Gasteiger partial charge in [0.1, 0.15) is 11.8 Å². The zero-order chi connectivity index (χ0) is 17.1. The summed E-state index contributed by atoms with van der Waals surface area (Å²) in [6.07, 6.45) is 1.96. The molecule has 0 bridgehead atoms. The maximum absolute atomic E-state index is 10.9. The van der Waals surface area contributed by atoms with Gasteiger partial charge in [-0.05, 0) is 23.3 Å². The molecule has 126 valence electrons. The van der Waals surface area contributed by atoms with Gasteiger partial charge in [0.05, 0.1) is 34.9 Å². The van der Waals surface area contributed by atoms with Crippen LogP contribution < -0.4 is 9.47 Å². The van der Waals surface area contributed by atoms with Crippen molar-refractivity contribution in [3.63, 3.8) is 0 Å². The zero-order valence-corrected chi connectivity index (χ0v) is 14.7. The van der Waals surface area contributed by atoms with E-state index < -0.39 is 0 Å². The smallest absolute Gasteiger partial charge is 0.166 e. The molecule has 0 fully saturated rings. The van der Waals surface area contributed by atoms with Gasteiger partial charge in [-0.15, -0.1) is 0 Å². The number of hydrogen-bond donors (Lipinski definition) is 1. The highest BCUT2D eigenvalue weighted by Gasteiger charge is 2.43. The van der Waals surface area contributed by atoms with Gasteiger partial charge in [-0.25, -0.2) is 0 Å². The number of phenols is 1. The summed E-state index contributed by atoms with van der Waals surface area (Å²) in [7, 11) is 7.86. The zero-order valence-electron chi connectivity index (χ0n) is 14.7. The van der Waals surface area contributed by atoms with Crippen LogP contribution in [0.15, 0.2) is 24.3 Å². The predicted octanol–water partition coefficient (Wildman–Crippen LogP) is 3.31. The molecule has 1 aliphatic carbocycles. The lowest BCUT2D eigenvalue weighted by atomic mass is 9.75. The average molecular weight is 326 g/mol. The fourth-order valence-corrected chi connectivity index (χ4v) is 4.38. The number of hydrogen-bond acceptors (Lipinski definition) is 3. The number of methoxy groups -OCH3 is 2. The van der Waals surface area contributed by atoms with Gasteiger partial charge in [0.25, 0.3) is 0 Å². The molecule has 0 spiro atoms. The summed E-state index contributed by atoms with van der Waals surface area (Å²) in [6, 6.07) is 8.51. The first-order chi connectivity index (χ1) is 11.5. The Bertz CT molecular complexity index is 826. The molecule has 0 aromatic heterocycles. The molecule has 0 saturated heterocycles. The number of rotatable bonds is 2. The van der Waals surface area contributed by atoms with E-state index in [4.69, 9.17) is 9.47 Å². The highest BCUT2D eigenvalue weighted by Crippen LogP contribution is 2.55. The van der Waals surface area contributed by atoms with Crippen molar-refractivity contribution < 1.29 is 19.1 Å². The van der Waals surface area contributed by atoms with Crippen LogP contribution in [0.1, 0.15) is 22.7 Å². The van der Waals surface area contributed by atoms with Crippen molar-refractivity contribution in [1.82, 2.24) is 0 Å². The largest absolute Gasteiger partial charge is 0.504 e. The van der Waals surface area contributed by atoms with Gasteiger partial charge in [-0.2, -0.15) is 0 Å². The Balaban J connectivity index is 2.11. The second-order valence-electron chi connectivity index (χ2n) is 7.34. The fraction of sp³-hybridized carbons (Fsp3) is 0.400. The molecule has 2 aromatic rings. The van der Waals surface area contributed by atoms with Crippen LogP contribution in [0.2, 0.25) is 0 Å². The average Bonchev–Trinajstić information content (AvgIpc) is 2.58. The maximum Gasteiger partial charge on any atom is 0.166 e. The van der Waals surface area contributed by atoms with Crippen LogP contribution in [0.25, 0.3) is 11.1 Å². The Morgan fingerprint density at radius 2 is 1.79 bits per heavy atom. The SMILES string of the molecule is COc1cc2c3c(c1O)-c1c(cccc1OC)C[C@H]3[N+](C)(C)CC2. The Morgan fingerprint density at radius 1 is 1.04 bits per heavy atom. The molecular weight excluding hydrogens is 302 g/mol. The minimum absolute atomic E-state index is 0.230. The monoisotopic (exact) mass is 326 g/mol. The third-order valence-corrected chi connectivity index (χ3v) is 5.74. The third-order valence-electron chi connectivity index (χ3n) is 5.74. The minimum Gasteiger partial charge on any atom is -0.504 e. The fourth-order valence-electron chi connectivity index (χ4n) is 4.38. The Kier molecular flexibility index (Phi) is 3.29. The van der Waals surface area contributed by atoms with E-state index in [9.17, 15) is 5.11 Å². The number of nitrogens with zero attached hydrogens (tertiary/aromatic N) is 1. The first kappa shape index (κ1) is 15.3. The van der Waals surface area contributed by atoms with Crippen LogP contribution in [-0.2, 0) is 12.8 Å². The van der Waals surface area contributed by atoms with Crippen molar-refractivity contribution in [3.05, 3.63) is 41.0 Å². The molecule has 1 N–H and O–H groups in total. The summed E-state index contributed by atoms with van der Waals surface area (Å²) in [5.41, 5.74) is 5.71. The molecule has 1 heterocycles. The molecule has 2 aliphatic rings. The first-order valence-corrected chi connectivity index (χ1v) is 8.39. The van der Waals surface area contributed by atoms with Crippen LogP contribution in [0.5, 0.6) is 17.2 Å². The molecule has 24 heavy (non-hydrogen) atoms. The van der Waals surface area contributed by atoms with E-state index in [0.29, 0.717) is 11.8 Å². The number of ether oxygens (including phenoxy) is 2. The Hall–Kier alpha value is -2.20. The molecule has 0 radical (unpaired) electrons. The number of quaternary nitrogens is 1. The van der Waals surface area contributed by atoms with Crippen molar-refractivity contribution in [2.75, 3.05) is 34.9 Å². The van der Waals surface area contributed by atoms with Crippen molar-refractivity contribution in [2.24, 2.45) is 0 Å². The maximum atomic E-state index is 10.9. The lowest BCUT2D eigenvalue weighted by Gasteiger charge is -2.46. The Morgan fingerprint density at radius 3 is 2.50 bits per heavy atom. The molecule has 2 aromatic carbocycles. The third kappa shape index (κ3) is 1.96. The van der Waals surface area contributed by atoms with E-state index in [1.54, 1.807) is 14.2 Å². The summed E-state index contributed by atoms with van der Waals surface area (Å²) in [5.74, 6) is 1.59. The van der Waals surface area contributed by atoms with E-state index >= 15 is 0 Å². The lowest BCUT2D eigenvalue weighted by molar-refractivity contribution is -0.923. The summed E-state index contributed by atoms with van der Waals surface area (Å²) in [6.45, 7) is 1.09. The number of likely N-dealkylation sites (N-methyl/N-ethyl adjacent to an activating group) is 1. The molecule has 0 unspecified atom stereocenters. The van der Waals surface area contributed by atoms with Crippen LogP contribution in [-0.4, -0.2) is 44.4 Å².